The molecule has 184 valence electrons. The predicted molar refractivity (Wildman–Crippen MR) is 131 cm³/mol. The lowest BCUT2D eigenvalue weighted by molar-refractivity contribution is -0.137. The molecule has 0 atom stereocenters. The number of carboxylic acid groups (broad SMARTS) is 1. The van der Waals surface area contributed by atoms with Crippen molar-refractivity contribution in [2.75, 3.05) is 13.2 Å². The minimum atomic E-state index is -0.651. The number of aliphatic carboxylic acids is 1. The smallest absolute Gasteiger partial charge is 0.303 e. The lowest BCUT2D eigenvalue weighted by Crippen LogP contribution is -1.93. The third-order valence-corrected chi connectivity index (χ3v) is 4.99. The fraction of sp³-hybridized carbons (Fsp3) is 0.962. The van der Waals surface area contributed by atoms with Crippen molar-refractivity contribution in [2.45, 2.75) is 149 Å². The van der Waals surface area contributed by atoms with Gasteiger partial charge >= 0.3 is 5.97 Å². The lowest BCUT2D eigenvalue weighted by Gasteiger charge is -2.03. The van der Waals surface area contributed by atoms with Gasteiger partial charge in [0.2, 0.25) is 0 Å². The normalized spacial score (nSPS) is 10.0. The first-order valence-corrected chi connectivity index (χ1v) is 13.0. The zero-order valence-corrected chi connectivity index (χ0v) is 20.8. The van der Waals surface area contributed by atoms with E-state index in [1.54, 1.807) is 13.8 Å². The Bertz CT molecular complexity index is 280. The molecule has 3 N–H and O–H groups in total. The number of rotatable bonds is 20. The molecule has 0 radical (unpaired) electrons. The molecule has 0 aliphatic carbocycles. The molecule has 0 heterocycles. The second-order valence-corrected chi connectivity index (χ2v) is 8.14. The van der Waals surface area contributed by atoms with Crippen molar-refractivity contribution in [1.82, 2.24) is 0 Å². The molecule has 4 heteroatoms. The van der Waals surface area contributed by atoms with E-state index >= 15 is 0 Å². The third kappa shape index (κ3) is 45.9. The van der Waals surface area contributed by atoms with Crippen molar-refractivity contribution in [2.24, 2.45) is 0 Å². The number of carbonyl (C=O) groups is 1. The fourth-order valence-corrected chi connectivity index (χ4v) is 3.35. The molecule has 0 aliphatic rings. The summed E-state index contributed by atoms with van der Waals surface area (Å²) >= 11 is 0. The minimum absolute atomic E-state index is 0.250. The molecule has 0 aliphatic heterocycles. The first-order valence-electron chi connectivity index (χ1n) is 13.0. The standard InChI is InChI=1S/C22H44O2.2C2H6O/c1-2-3-4-5-6-7-8-9-10-11-12-13-14-15-16-17-18-19-20-21-22(23)24;2*1-2-3/h2-21H2,1H3,(H,23,24);2*3H,2H2,1H3. The van der Waals surface area contributed by atoms with E-state index < -0.39 is 5.97 Å². The molecule has 0 unspecified atom stereocenters. The lowest BCUT2D eigenvalue weighted by atomic mass is 10.0. The Morgan fingerprint density at radius 3 is 0.867 bits per heavy atom. The van der Waals surface area contributed by atoms with Gasteiger partial charge in [-0.2, -0.15) is 0 Å². The van der Waals surface area contributed by atoms with Crippen LogP contribution < -0.4 is 0 Å². The molecule has 0 amide bonds. The number of hydrogen-bond acceptors (Lipinski definition) is 3. The second kappa shape index (κ2) is 35.8. The quantitative estimate of drug-likeness (QED) is 0.171. The van der Waals surface area contributed by atoms with E-state index in [4.69, 9.17) is 15.3 Å². The average molecular weight is 433 g/mol. The van der Waals surface area contributed by atoms with Crippen LogP contribution in [0, 0.1) is 0 Å². The summed E-state index contributed by atoms with van der Waals surface area (Å²) in [5, 5.41) is 23.7. The summed E-state index contributed by atoms with van der Waals surface area (Å²) in [5.41, 5.74) is 0. The summed E-state index contributed by atoms with van der Waals surface area (Å²) in [6.07, 6.45) is 26.1. The van der Waals surface area contributed by atoms with Crippen LogP contribution in [0.4, 0.5) is 0 Å². The first-order chi connectivity index (χ1) is 14.6. The molecule has 0 aromatic heterocycles. The van der Waals surface area contributed by atoms with Gasteiger partial charge in [-0.25, -0.2) is 0 Å². The number of aliphatic hydroxyl groups is 2. The van der Waals surface area contributed by atoms with Crippen LogP contribution in [0.2, 0.25) is 0 Å². The largest absolute Gasteiger partial charge is 0.481 e. The Hall–Kier alpha value is -0.610. The third-order valence-electron chi connectivity index (χ3n) is 4.99. The molecule has 0 fully saturated rings. The second-order valence-electron chi connectivity index (χ2n) is 8.14. The summed E-state index contributed by atoms with van der Waals surface area (Å²) in [6.45, 7) is 6.14. The Morgan fingerprint density at radius 1 is 0.467 bits per heavy atom. The van der Waals surface area contributed by atoms with Crippen molar-refractivity contribution >= 4 is 5.97 Å². The van der Waals surface area contributed by atoms with Gasteiger partial charge in [-0.15, -0.1) is 0 Å². The maximum absolute atomic E-state index is 10.4. The highest BCUT2D eigenvalue weighted by molar-refractivity contribution is 5.66. The predicted octanol–water partition coefficient (Wildman–Crippen LogP) is 7.89. The number of carboxylic acids is 1. The summed E-state index contributed by atoms with van der Waals surface area (Å²) in [7, 11) is 0. The van der Waals surface area contributed by atoms with Crippen molar-refractivity contribution in [3.05, 3.63) is 0 Å². The van der Waals surface area contributed by atoms with Crippen LogP contribution in [0.3, 0.4) is 0 Å². The molecule has 0 aromatic rings. The molecule has 0 saturated heterocycles. The monoisotopic (exact) mass is 432 g/mol. The number of unbranched alkanes of at least 4 members (excludes halogenated alkanes) is 18. The van der Waals surface area contributed by atoms with Crippen LogP contribution in [0.5, 0.6) is 0 Å². The molecule has 0 bridgehead atoms. The summed E-state index contributed by atoms with van der Waals surface area (Å²) in [4.78, 5) is 10.4. The van der Waals surface area contributed by atoms with E-state index in [1.807, 2.05) is 0 Å². The highest BCUT2D eigenvalue weighted by atomic mass is 16.4. The summed E-state index contributed by atoms with van der Waals surface area (Å²) < 4.78 is 0. The van der Waals surface area contributed by atoms with E-state index in [2.05, 4.69) is 6.92 Å². The van der Waals surface area contributed by atoms with Crippen molar-refractivity contribution in [3.8, 4) is 0 Å². The van der Waals surface area contributed by atoms with Crippen molar-refractivity contribution in [1.29, 1.82) is 0 Å². The van der Waals surface area contributed by atoms with Crippen LogP contribution in [-0.2, 0) is 4.79 Å². The van der Waals surface area contributed by atoms with Gasteiger partial charge < -0.3 is 15.3 Å². The van der Waals surface area contributed by atoms with Crippen LogP contribution in [0.1, 0.15) is 149 Å². The van der Waals surface area contributed by atoms with Gasteiger partial charge in [0.1, 0.15) is 0 Å². The molecular formula is C26H56O4. The van der Waals surface area contributed by atoms with Gasteiger partial charge in [0.05, 0.1) is 0 Å². The van der Waals surface area contributed by atoms with Crippen molar-refractivity contribution < 1.29 is 20.1 Å². The van der Waals surface area contributed by atoms with E-state index in [1.165, 1.54) is 109 Å². The first kappa shape index (κ1) is 34.0. The SMILES string of the molecule is CCCCCCCCCCCCCCCCCCCCCC(=O)O.CCO.CCO. The van der Waals surface area contributed by atoms with Gasteiger partial charge in [0.15, 0.2) is 0 Å². The van der Waals surface area contributed by atoms with E-state index in [-0.39, 0.29) is 13.2 Å². The van der Waals surface area contributed by atoms with E-state index in [9.17, 15) is 4.79 Å². The minimum Gasteiger partial charge on any atom is -0.481 e. The maximum Gasteiger partial charge on any atom is 0.303 e. The highest BCUT2D eigenvalue weighted by Crippen LogP contribution is 2.14. The molecular weight excluding hydrogens is 376 g/mol. The Labute approximate surface area is 188 Å². The summed E-state index contributed by atoms with van der Waals surface area (Å²) in [5.74, 6) is -0.651. The van der Waals surface area contributed by atoms with Gasteiger partial charge in [-0.3, -0.25) is 4.79 Å². The number of aliphatic hydroxyl groups excluding tert-OH is 2. The molecule has 0 aromatic carbocycles. The zero-order chi connectivity index (χ0) is 23.1. The van der Waals surface area contributed by atoms with Gasteiger partial charge in [0, 0.05) is 19.6 Å². The zero-order valence-electron chi connectivity index (χ0n) is 20.8. The average Bonchev–Trinajstić information content (AvgIpc) is 2.71. The van der Waals surface area contributed by atoms with Gasteiger partial charge in [-0.1, -0.05) is 122 Å². The van der Waals surface area contributed by atoms with E-state index in [0.717, 1.165) is 12.8 Å². The van der Waals surface area contributed by atoms with Crippen LogP contribution >= 0.6 is 0 Å². The Balaban J connectivity index is -0.00000107. The van der Waals surface area contributed by atoms with E-state index in [0.29, 0.717) is 6.42 Å². The Morgan fingerprint density at radius 2 is 0.667 bits per heavy atom. The highest BCUT2D eigenvalue weighted by Gasteiger charge is 1.97. The molecule has 0 rings (SSSR count). The molecule has 30 heavy (non-hydrogen) atoms. The maximum atomic E-state index is 10.4. The van der Waals surface area contributed by atoms with Crippen LogP contribution in [-0.4, -0.2) is 34.5 Å². The molecule has 4 nitrogen and oxygen atoms in total. The van der Waals surface area contributed by atoms with Gasteiger partial charge in [-0.05, 0) is 20.3 Å². The van der Waals surface area contributed by atoms with Crippen LogP contribution in [0.15, 0.2) is 0 Å². The molecule has 0 spiro atoms. The van der Waals surface area contributed by atoms with Gasteiger partial charge in [0.25, 0.3) is 0 Å². The number of hydrogen-bond donors (Lipinski definition) is 3. The van der Waals surface area contributed by atoms with Crippen molar-refractivity contribution in [3.63, 3.8) is 0 Å². The topological polar surface area (TPSA) is 77.8 Å². The van der Waals surface area contributed by atoms with Crippen LogP contribution in [0.25, 0.3) is 0 Å². The molecule has 0 saturated carbocycles. The Kier molecular flexibility index (Phi) is 40.6. The summed E-state index contributed by atoms with van der Waals surface area (Å²) in [6, 6.07) is 0. The fourth-order valence-electron chi connectivity index (χ4n) is 3.35.